The van der Waals surface area contributed by atoms with E-state index in [-0.39, 0.29) is 11.8 Å². The number of nitrogens with one attached hydrogen (secondary N) is 2. The minimum Gasteiger partial charge on any atom is -0.427 e. The molecule has 28 heavy (non-hydrogen) atoms. The molecule has 2 aromatic rings. The van der Waals surface area contributed by atoms with E-state index in [1.54, 1.807) is 42.5 Å². The van der Waals surface area contributed by atoms with Gasteiger partial charge in [-0.2, -0.15) is 0 Å². The van der Waals surface area contributed by atoms with E-state index in [4.69, 9.17) is 4.74 Å². The molecular formula is C22H24N2O4. The van der Waals surface area contributed by atoms with Crippen molar-refractivity contribution < 1.29 is 19.1 Å². The summed E-state index contributed by atoms with van der Waals surface area (Å²) in [5.41, 5.74) is 1.70. The van der Waals surface area contributed by atoms with E-state index in [1.807, 2.05) is 0 Å². The number of ether oxygens (including phenoxy) is 1. The Kier molecular flexibility index (Phi) is 6.42. The number of hydrogen-bond acceptors (Lipinski definition) is 4. The van der Waals surface area contributed by atoms with Gasteiger partial charge in [-0.3, -0.25) is 14.4 Å². The summed E-state index contributed by atoms with van der Waals surface area (Å²) >= 11 is 0. The Morgan fingerprint density at radius 3 is 2.25 bits per heavy atom. The van der Waals surface area contributed by atoms with Crippen LogP contribution in [0.2, 0.25) is 0 Å². The van der Waals surface area contributed by atoms with Crippen LogP contribution in [0.25, 0.3) is 0 Å². The first-order valence-corrected chi connectivity index (χ1v) is 9.49. The normalized spacial score (nSPS) is 13.8. The van der Waals surface area contributed by atoms with Crippen LogP contribution in [0.4, 0.5) is 11.4 Å². The van der Waals surface area contributed by atoms with E-state index in [2.05, 4.69) is 10.6 Å². The molecule has 0 radical (unpaired) electrons. The molecule has 0 atom stereocenters. The molecule has 3 rings (SSSR count). The van der Waals surface area contributed by atoms with Gasteiger partial charge in [-0.05, 0) is 61.2 Å². The van der Waals surface area contributed by atoms with Gasteiger partial charge in [0.05, 0.1) is 0 Å². The first-order chi connectivity index (χ1) is 13.5. The first-order valence-electron chi connectivity index (χ1n) is 9.49. The van der Waals surface area contributed by atoms with Crippen LogP contribution >= 0.6 is 0 Å². The van der Waals surface area contributed by atoms with E-state index in [1.165, 1.54) is 25.8 Å². The Morgan fingerprint density at radius 1 is 0.964 bits per heavy atom. The summed E-state index contributed by atoms with van der Waals surface area (Å²) in [7, 11) is 0. The van der Waals surface area contributed by atoms with Crippen molar-refractivity contribution in [1.29, 1.82) is 0 Å². The quantitative estimate of drug-likeness (QED) is 0.575. The highest BCUT2D eigenvalue weighted by Crippen LogP contribution is 2.28. The molecule has 0 unspecified atom stereocenters. The molecule has 1 saturated carbocycles. The number of rotatable bonds is 6. The Bertz CT molecular complexity index is 855. The van der Waals surface area contributed by atoms with Crippen LogP contribution in [0.15, 0.2) is 48.5 Å². The van der Waals surface area contributed by atoms with Gasteiger partial charge in [0.15, 0.2) is 0 Å². The smallest absolute Gasteiger partial charge is 0.308 e. The van der Waals surface area contributed by atoms with Crippen molar-refractivity contribution in [2.24, 2.45) is 5.92 Å². The van der Waals surface area contributed by atoms with Crippen LogP contribution in [0.3, 0.4) is 0 Å². The number of hydrogen-bond donors (Lipinski definition) is 2. The van der Waals surface area contributed by atoms with Crippen molar-refractivity contribution in [3.63, 3.8) is 0 Å². The SMILES string of the molecule is CC(=O)Oc1cccc(C(=O)Nc2ccc(NC(=O)CC3CCCC3)cc2)c1. The van der Waals surface area contributed by atoms with Gasteiger partial charge in [0, 0.05) is 30.3 Å². The maximum atomic E-state index is 12.4. The molecular weight excluding hydrogens is 356 g/mol. The fourth-order valence-corrected chi connectivity index (χ4v) is 3.40. The van der Waals surface area contributed by atoms with E-state index >= 15 is 0 Å². The Hall–Kier alpha value is -3.15. The third-order valence-corrected chi connectivity index (χ3v) is 4.73. The zero-order chi connectivity index (χ0) is 19.9. The van der Waals surface area contributed by atoms with Crippen LogP contribution in [-0.2, 0) is 9.59 Å². The average molecular weight is 380 g/mol. The zero-order valence-electron chi connectivity index (χ0n) is 15.9. The van der Waals surface area contributed by atoms with E-state index in [0.717, 1.165) is 12.8 Å². The van der Waals surface area contributed by atoms with Crippen LogP contribution in [0.1, 0.15) is 49.4 Å². The van der Waals surface area contributed by atoms with Crippen molar-refractivity contribution in [3.8, 4) is 5.75 Å². The predicted octanol–water partition coefficient (Wildman–Crippen LogP) is 4.38. The highest BCUT2D eigenvalue weighted by Gasteiger charge is 2.18. The lowest BCUT2D eigenvalue weighted by Crippen LogP contribution is -2.15. The predicted molar refractivity (Wildman–Crippen MR) is 107 cm³/mol. The molecule has 0 aromatic heterocycles. The standard InChI is InChI=1S/C22H24N2O4/c1-15(25)28-20-8-4-7-17(14-20)22(27)24-19-11-9-18(10-12-19)23-21(26)13-16-5-2-3-6-16/h4,7-12,14,16H,2-3,5-6,13H2,1H3,(H,23,26)(H,24,27). The zero-order valence-corrected chi connectivity index (χ0v) is 15.9. The molecule has 1 aliphatic carbocycles. The second-order valence-electron chi connectivity index (χ2n) is 7.06. The number of amides is 2. The molecule has 146 valence electrons. The number of carbonyl (C=O) groups excluding carboxylic acids is 3. The van der Waals surface area contributed by atoms with Gasteiger partial charge >= 0.3 is 5.97 Å². The van der Waals surface area contributed by atoms with Gasteiger partial charge in [-0.1, -0.05) is 18.9 Å². The van der Waals surface area contributed by atoms with Gasteiger partial charge in [0.2, 0.25) is 5.91 Å². The Balaban J connectivity index is 1.55. The molecule has 6 heteroatoms. The van der Waals surface area contributed by atoms with Crippen molar-refractivity contribution in [3.05, 3.63) is 54.1 Å². The number of anilines is 2. The molecule has 0 saturated heterocycles. The minimum absolute atomic E-state index is 0.0333. The van der Waals surface area contributed by atoms with Gasteiger partial charge in [-0.25, -0.2) is 0 Å². The topological polar surface area (TPSA) is 84.5 Å². The van der Waals surface area contributed by atoms with Gasteiger partial charge in [-0.15, -0.1) is 0 Å². The molecule has 2 amide bonds. The lowest BCUT2D eigenvalue weighted by molar-refractivity contribution is -0.131. The molecule has 1 fully saturated rings. The van der Waals surface area contributed by atoms with Gasteiger partial charge < -0.3 is 15.4 Å². The minimum atomic E-state index is -0.442. The number of carbonyl (C=O) groups is 3. The van der Waals surface area contributed by atoms with Crippen molar-refractivity contribution in [2.45, 2.75) is 39.0 Å². The van der Waals surface area contributed by atoms with Gasteiger partial charge in [0.25, 0.3) is 5.91 Å². The number of esters is 1. The van der Waals surface area contributed by atoms with Crippen LogP contribution in [0, 0.1) is 5.92 Å². The van der Waals surface area contributed by atoms with E-state index < -0.39 is 5.97 Å². The first kappa shape index (κ1) is 19.6. The second kappa shape index (κ2) is 9.17. The summed E-state index contributed by atoms with van der Waals surface area (Å²) in [5.74, 6) is 0.0999. The molecule has 2 aromatic carbocycles. The summed E-state index contributed by atoms with van der Waals surface area (Å²) < 4.78 is 5.00. The highest BCUT2D eigenvalue weighted by molar-refractivity contribution is 6.04. The molecule has 1 aliphatic rings. The molecule has 6 nitrogen and oxygen atoms in total. The van der Waals surface area contributed by atoms with Crippen LogP contribution in [0.5, 0.6) is 5.75 Å². The summed E-state index contributed by atoms with van der Waals surface area (Å²) in [5, 5.41) is 5.69. The summed E-state index contributed by atoms with van der Waals surface area (Å²) in [4.78, 5) is 35.5. The Labute approximate surface area is 164 Å². The second-order valence-corrected chi connectivity index (χ2v) is 7.06. The van der Waals surface area contributed by atoms with Crippen molar-refractivity contribution in [2.75, 3.05) is 10.6 Å². The molecule has 0 spiro atoms. The fraction of sp³-hybridized carbons (Fsp3) is 0.318. The summed E-state index contributed by atoms with van der Waals surface area (Å²) in [6, 6.07) is 13.4. The average Bonchev–Trinajstić information content (AvgIpc) is 3.16. The lowest BCUT2D eigenvalue weighted by atomic mass is 10.0. The lowest BCUT2D eigenvalue weighted by Gasteiger charge is -2.11. The van der Waals surface area contributed by atoms with Crippen molar-refractivity contribution >= 4 is 29.2 Å². The monoisotopic (exact) mass is 380 g/mol. The highest BCUT2D eigenvalue weighted by atomic mass is 16.5. The fourth-order valence-electron chi connectivity index (χ4n) is 3.40. The van der Waals surface area contributed by atoms with E-state index in [9.17, 15) is 14.4 Å². The summed E-state index contributed by atoms with van der Waals surface area (Å²) in [6.45, 7) is 1.31. The maximum Gasteiger partial charge on any atom is 0.308 e. The number of benzene rings is 2. The third kappa shape index (κ3) is 5.67. The molecule has 0 heterocycles. The van der Waals surface area contributed by atoms with Crippen molar-refractivity contribution in [1.82, 2.24) is 0 Å². The van der Waals surface area contributed by atoms with E-state index in [0.29, 0.717) is 35.0 Å². The molecule has 2 N–H and O–H groups in total. The Morgan fingerprint density at radius 2 is 1.61 bits per heavy atom. The van der Waals surface area contributed by atoms with Gasteiger partial charge in [0.1, 0.15) is 5.75 Å². The molecule has 0 aliphatic heterocycles. The maximum absolute atomic E-state index is 12.4. The van der Waals surface area contributed by atoms with Crippen LogP contribution in [-0.4, -0.2) is 17.8 Å². The van der Waals surface area contributed by atoms with Crippen LogP contribution < -0.4 is 15.4 Å². The third-order valence-electron chi connectivity index (χ3n) is 4.73. The largest absolute Gasteiger partial charge is 0.427 e. The summed E-state index contributed by atoms with van der Waals surface area (Å²) in [6.07, 6.45) is 5.28. The molecule has 0 bridgehead atoms.